The number of hydrogen-bond donors (Lipinski definition) is 1. The van der Waals surface area contributed by atoms with Crippen LogP contribution >= 0.6 is 0 Å². The molecule has 2 rings (SSSR count). The third kappa shape index (κ3) is 3.60. The average Bonchev–Trinajstić information content (AvgIpc) is 2.37. The highest BCUT2D eigenvalue weighted by Crippen LogP contribution is 2.35. The highest BCUT2D eigenvalue weighted by molar-refractivity contribution is 7.90. The van der Waals surface area contributed by atoms with Crippen LogP contribution in [0.3, 0.4) is 0 Å². The molecule has 1 N–H and O–H groups in total. The lowest BCUT2D eigenvalue weighted by Gasteiger charge is -2.26. The van der Waals surface area contributed by atoms with Crippen LogP contribution in [-0.4, -0.2) is 27.1 Å². The molecular weight excluding hydrogens is 274 g/mol. The molecule has 1 aliphatic carbocycles. The van der Waals surface area contributed by atoms with E-state index in [4.69, 9.17) is 0 Å². The molecule has 1 unspecified atom stereocenters. The smallest absolute Gasteiger partial charge is 0.216 e. The second-order valence-electron chi connectivity index (χ2n) is 5.49. The Kier molecular flexibility index (Phi) is 4.48. The molecule has 1 aromatic carbocycles. The second kappa shape index (κ2) is 5.95. The van der Waals surface area contributed by atoms with Gasteiger partial charge in [0.15, 0.2) is 9.84 Å². The van der Waals surface area contributed by atoms with Crippen molar-refractivity contribution >= 4 is 15.7 Å². The Balaban J connectivity index is 2.22. The number of sulfone groups is 1. The van der Waals surface area contributed by atoms with Gasteiger partial charge in [-0.25, -0.2) is 8.42 Å². The van der Waals surface area contributed by atoms with Gasteiger partial charge in [0.05, 0.1) is 4.90 Å². The summed E-state index contributed by atoms with van der Waals surface area (Å²) in [5, 5.41) is 2.81. The Hall–Kier alpha value is -1.36. The molecule has 20 heavy (non-hydrogen) atoms. The maximum Gasteiger partial charge on any atom is 0.216 e. The van der Waals surface area contributed by atoms with E-state index >= 15 is 0 Å². The minimum atomic E-state index is -3.16. The molecule has 110 valence electrons. The molecule has 0 radical (unpaired) electrons. The lowest BCUT2D eigenvalue weighted by atomic mass is 9.81. The van der Waals surface area contributed by atoms with E-state index in [9.17, 15) is 13.2 Å². The first-order valence-electron chi connectivity index (χ1n) is 6.95. The first kappa shape index (κ1) is 15.0. The molecule has 0 saturated heterocycles. The van der Waals surface area contributed by atoms with Crippen LogP contribution in [-0.2, 0) is 21.1 Å². The van der Waals surface area contributed by atoms with Crippen LogP contribution in [0.15, 0.2) is 23.1 Å². The van der Waals surface area contributed by atoms with Crippen LogP contribution in [0, 0.1) is 0 Å². The van der Waals surface area contributed by atoms with E-state index in [2.05, 4.69) is 5.32 Å². The second-order valence-corrected chi connectivity index (χ2v) is 7.51. The zero-order chi connectivity index (χ0) is 14.8. The highest BCUT2D eigenvalue weighted by atomic mass is 32.2. The minimum absolute atomic E-state index is 0.0223. The maximum atomic E-state index is 11.7. The van der Waals surface area contributed by atoms with E-state index in [1.165, 1.54) is 18.7 Å². The van der Waals surface area contributed by atoms with E-state index < -0.39 is 9.84 Å². The predicted molar refractivity (Wildman–Crippen MR) is 78.5 cm³/mol. The molecule has 4 nitrogen and oxygen atoms in total. The summed E-state index contributed by atoms with van der Waals surface area (Å²) in [5.74, 6) is 0.318. The Labute approximate surface area is 120 Å². The number of benzene rings is 1. The van der Waals surface area contributed by atoms with Crippen molar-refractivity contribution in [2.75, 3.05) is 12.8 Å². The summed E-state index contributed by atoms with van der Waals surface area (Å²) in [6.45, 7) is 2.15. The maximum absolute atomic E-state index is 11.7. The fourth-order valence-electron chi connectivity index (χ4n) is 2.83. The average molecular weight is 295 g/mol. The van der Waals surface area contributed by atoms with Gasteiger partial charge in [-0.1, -0.05) is 6.07 Å². The lowest BCUT2D eigenvalue weighted by Crippen LogP contribution is -2.23. The van der Waals surface area contributed by atoms with Crippen LogP contribution in [0.5, 0.6) is 0 Å². The van der Waals surface area contributed by atoms with Crippen molar-refractivity contribution < 1.29 is 13.2 Å². The number of hydrogen-bond acceptors (Lipinski definition) is 3. The predicted octanol–water partition coefficient (Wildman–Crippen LogP) is 2.04. The topological polar surface area (TPSA) is 63.2 Å². The summed E-state index contributed by atoms with van der Waals surface area (Å²) in [5.41, 5.74) is 2.39. The molecule has 1 aliphatic rings. The van der Waals surface area contributed by atoms with Crippen molar-refractivity contribution in [2.24, 2.45) is 0 Å². The summed E-state index contributed by atoms with van der Waals surface area (Å²) in [6, 6.07) is 5.46. The molecule has 1 atom stereocenters. The van der Waals surface area contributed by atoms with Gasteiger partial charge in [-0.15, -0.1) is 0 Å². The molecule has 0 bridgehead atoms. The Morgan fingerprint density at radius 3 is 2.80 bits per heavy atom. The molecular formula is C15H21NO3S. The summed E-state index contributed by atoms with van der Waals surface area (Å²) >= 11 is 0. The number of aryl methyl sites for hydroxylation is 1. The van der Waals surface area contributed by atoms with Crippen LogP contribution < -0.4 is 5.32 Å². The number of fused-ring (bicyclic) bond motifs is 1. The first-order chi connectivity index (χ1) is 9.38. The molecule has 1 aromatic rings. The number of rotatable bonds is 4. The largest absolute Gasteiger partial charge is 0.356 e. The molecule has 0 saturated carbocycles. The third-order valence-electron chi connectivity index (χ3n) is 3.85. The number of nitrogens with one attached hydrogen (secondary N) is 1. The zero-order valence-corrected chi connectivity index (χ0v) is 12.8. The highest BCUT2D eigenvalue weighted by Gasteiger charge is 2.22. The summed E-state index contributed by atoms with van der Waals surface area (Å²) in [4.78, 5) is 11.3. The van der Waals surface area contributed by atoms with Gasteiger partial charge in [0.25, 0.3) is 0 Å². The van der Waals surface area contributed by atoms with Gasteiger partial charge in [-0.05, 0) is 54.9 Å². The molecule has 0 aliphatic heterocycles. The van der Waals surface area contributed by atoms with E-state index in [-0.39, 0.29) is 5.91 Å². The van der Waals surface area contributed by atoms with Crippen LogP contribution in [0.25, 0.3) is 0 Å². The van der Waals surface area contributed by atoms with Gasteiger partial charge in [-0.3, -0.25) is 4.79 Å². The van der Waals surface area contributed by atoms with Crippen LogP contribution in [0.2, 0.25) is 0 Å². The monoisotopic (exact) mass is 295 g/mol. The van der Waals surface area contributed by atoms with Crippen molar-refractivity contribution in [3.05, 3.63) is 29.3 Å². The number of carbonyl (C=O) groups is 1. The first-order valence-corrected chi connectivity index (χ1v) is 8.84. The summed E-state index contributed by atoms with van der Waals surface area (Å²) in [6.07, 6.45) is 5.29. The van der Waals surface area contributed by atoms with Crippen molar-refractivity contribution in [3.8, 4) is 0 Å². The molecule has 0 spiro atoms. The molecule has 0 aromatic heterocycles. The summed E-state index contributed by atoms with van der Waals surface area (Å²) in [7, 11) is -3.16. The van der Waals surface area contributed by atoms with Gasteiger partial charge in [-0.2, -0.15) is 0 Å². The molecule has 0 fully saturated rings. The van der Waals surface area contributed by atoms with E-state index in [1.54, 1.807) is 6.07 Å². The van der Waals surface area contributed by atoms with Gasteiger partial charge in [0.1, 0.15) is 0 Å². The molecule has 5 heteroatoms. The Morgan fingerprint density at radius 2 is 2.15 bits per heavy atom. The van der Waals surface area contributed by atoms with Gasteiger partial charge in [0.2, 0.25) is 5.91 Å². The van der Waals surface area contributed by atoms with E-state index in [0.717, 1.165) is 31.2 Å². The standard InChI is InChI=1S/C15H21NO3S/c1-11(17)16-9-8-13-5-3-4-12-6-7-14(10-15(12)13)20(2,18)19/h6-7,10,13H,3-5,8-9H2,1-2H3,(H,16,17). The zero-order valence-electron chi connectivity index (χ0n) is 12.0. The van der Waals surface area contributed by atoms with Gasteiger partial charge < -0.3 is 5.32 Å². The fourth-order valence-corrected chi connectivity index (χ4v) is 3.48. The minimum Gasteiger partial charge on any atom is -0.356 e. The normalized spacial score (nSPS) is 18.4. The fraction of sp³-hybridized carbons (Fsp3) is 0.533. The van der Waals surface area contributed by atoms with Crippen molar-refractivity contribution in [2.45, 2.75) is 43.4 Å². The van der Waals surface area contributed by atoms with Gasteiger partial charge >= 0.3 is 0 Å². The molecule has 0 heterocycles. The van der Waals surface area contributed by atoms with Crippen LogP contribution in [0.1, 0.15) is 43.2 Å². The Morgan fingerprint density at radius 1 is 1.40 bits per heavy atom. The van der Waals surface area contributed by atoms with Crippen molar-refractivity contribution in [1.82, 2.24) is 5.32 Å². The SMILES string of the molecule is CC(=O)NCCC1CCCc2ccc(S(C)(=O)=O)cc21. The van der Waals surface area contributed by atoms with Crippen molar-refractivity contribution in [3.63, 3.8) is 0 Å². The number of carbonyl (C=O) groups excluding carboxylic acids is 1. The summed E-state index contributed by atoms with van der Waals surface area (Å²) < 4.78 is 23.3. The van der Waals surface area contributed by atoms with Crippen molar-refractivity contribution in [1.29, 1.82) is 0 Å². The van der Waals surface area contributed by atoms with E-state index in [1.807, 2.05) is 12.1 Å². The Bertz CT molecular complexity index is 608. The van der Waals surface area contributed by atoms with E-state index in [0.29, 0.717) is 17.4 Å². The van der Waals surface area contributed by atoms with Gasteiger partial charge in [0, 0.05) is 19.7 Å². The number of amides is 1. The lowest BCUT2D eigenvalue weighted by molar-refractivity contribution is -0.118. The third-order valence-corrected chi connectivity index (χ3v) is 4.96. The molecule has 1 amide bonds. The van der Waals surface area contributed by atoms with Crippen LogP contribution in [0.4, 0.5) is 0 Å². The quantitative estimate of drug-likeness (QED) is 0.924.